The zero-order valence-corrected chi connectivity index (χ0v) is 23.3. The number of halogens is 2. The van der Waals surface area contributed by atoms with Crippen LogP contribution in [0.1, 0.15) is 12.5 Å². The minimum Gasteiger partial charge on any atom is -0.496 e. The predicted octanol–water partition coefficient (Wildman–Crippen LogP) is 6.63. The van der Waals surface area contributed by atoms with Crippen molar-refractivity contribution in [2.75, 3.05) is 20.8 Å². The lowest BCUT2D eigenvalue weighted by Gasteiger charge is -2.14. The van der Waals surface area contributed by atoms with Gasteiger partial charge in [0, 0.05) is 10.0 Å². The molecule has 0 fully saturated rings. The smallest absolute Gasteiger partial charge is 0.282 e. The second-order valence-electron chi connectivity index (χ2n) is 7.85. The molecule has 0 bridgehead atoms. The van der Waals surface area contributed by atoms with Crippen molar-refractivity contribution in [2.45, 2.75) is 6.92 Å². The van der Waals surface area contributed by atoms with Crippen molar-refractivity contribution >= 4 is 59.9 Å². The van der Waals surface area contributed by atoms with E-state index in [4.69, 9.17) is 23.6 Å². The number of hydrogen-bond donors (Lipinski definition) is 0. The lowest BCUT2D eigenvalue weighted by atomic mass is 10.2. The van der Waals surface area contributed by atoms with Crippen LogP contribution >= 0.6 is 31.9 Å². The summed E-state index contributed by atoms with van der Waals surface area (Å²) in [6.07, 6.45) is 1.55. The number of methoxy groups -OCH3 is 2. The lowest BCUT2D eigenvalue weighted by molar-refractivity contribution is 0.308. The summed E-state index contributed by atoms with van der Waals surface area (Å²) in [7, 11) is 3.15. The molecule has 2 aromatic heterocycles. The Morgan fingerprint density at radius 1 is 1.00 bits per heavy atom. The third-order valence-electron chi connectivity index (χ3n) is 5.69. The number of ether oxygens (including phenoxy) is 3. The number of rotatable bonds is 7. The summed E-state index contributed by atoms with van der Waals surface area (Å²) in [5.41, 5.74) is 1.46. The van der Waals surface area contributed by atoms with E-state index in [0.29, 0.717) is 60.6 Å². The Morgan fingerprint density at radius 2 is 1.78 bits per heavy atom. The van der Waals surface area contributed by atoms with Gasteiger partial charge in [-0.05, 0) is 75.2 Å². The van der Waals surface area contributed by atoms with Crippen LogP contribution in [0.2, 0.25) is 0 Å². The summed E-state index contributed by atoms with van der Waals surface area (Å²) in [6.45, 7) is 2.36. The number of benzene rings is 3. The number of fused-ring (bicyclic) bond motifs is 2. The largest absolute Gasteiger partial charge is 0.496 e. The second-order valence-corrected chi connectivity index (χ2v) is 9.44. The molecular weight excluding hydrogens is 606 g/mol. The average Bonchev–Trinajstić information content (AvgIpc) is 3.36. The van der Waals surface area contributed by atoms with Crippen LogP contribution in [0, 0.1) is 0 Å². The van der Waals surface area contributed by atoms with Crippen LogP contribution in [-0.4, -0.2) is 36.7 Å². The van der Waals surface area contributed by atoms with Crippen LogP contribution < -0.4 is 19.8 Å². The van der Waals surface area contributed by atoms with Gasteiger partial charge >= 0.3 is 0 Å². The van der Waals surface area contributed by atoms with Crippen molar-refractivity contribution in [3.63, 3.8) is 0 Å². The first-order valence-electron chi connectivity index (χ1n) is 11.3. The van der Waals surface area contributed by atoms with Gasteiger partial charge in [0.2, 0.25) is 5.82 Å². The number of aromatic nitrogens is 2. The number of para-hydroxylation sites is 1. The van der Waals surface area contributed by atoms with E-state index in [-0.39, 0.29) is 11.4 Å². The predicted molar refractivity (Wildman–Crippen MR) is 150 cm³/mol. The Bertz CT molecular complexity index is 1730. The van der Waals surface area contributed by atoms with Gasteiger partial charge in [0.25, 0.3) is 5.56 Å². The van der Waals surface area contributed by atoms with E-state index >= 15 is 0 Å². The van der Waals surface area contributed by atoms with Gasteiger partial charge in [0.1, 0.15) is 11.3 Å². The van der Waals surface area contributed by atoms with Gasteiger partial charge in [-0.2, -0.15) is 9.78 Å². The molecule has 0 atom stereocenters. The van der Waals surface area contributed by atoms with Gasteiger partial charge in [0.05, 0.1) is 47.8 Å². The molecule has 188 valence electrons. The maximum Gasteiger partial charge on any atom is 0.282 e. The minimum atomic E-state index is -0.336. The van der Waals surface area contributed by atoms with Crippen molar-refractivity contribution in [1.82, 2.24) is 9.66 Å². The molecule has 0 N–H and O–H groups in total. The SMILES string of the molecule is CCOc1c(OC)cc(C=Nn2c(-c3cc4c(OC)cccc4o3)nc3ccccc3c2=O)c(Br)c1Br. The lowest BCUT2D eigenvalue weighted by Crippen LogP contribution is -2.20. The topological polar surface area (TPSA) is 88.1 Å². The van der Waals surface area contributed by atoms with E-state index in [2.05, 4.69) is 37.0 Å². The molecule has 10 heteroatoms. The maximum atomic E-state index is 13.6. The maximum absolute atomic E-state index is 13.6. The normalized spacial score (nSPS) is 11.5. The van der Waals surface area contributed by atoms with Crippen molar-refractivity contribution in [3.8, 4) is 28.8 Å². The summed E-state index contributed by atoms with van der Waals surface area (Å²) in [4.78, 5) is 18.3. The Kier molecular flexibility index (Phi) is 7.03. The highest BCUT2D eigenvalue weighted by Crippen LogP contribution is 2.42. The highest BCUT2D eigenvalue weighted by Gasteiger charge is 2.19. The van der Waals surface area contributed by atoms with E-state index in [0.717, 1.165) is 5.39 Å². The van der Waals surface area contributed by atoms with Gasteiger partial charge in [-0.15, -0.1) is 0 Å². The Morgan fingerprint density at radius 3 is 2.54 bits per heavy atom. The molecule has 2 heterocycles. The fourth-order valence-corrected chi connectivity index (χ4v) is 4.90. The number of furan rings is 1. The van der Waals surface area contributed by atoms with Crippen molar-refractivity contribution in [2.24, 2.45) is 5.10 Å². The Labute approximate surface area is 228 Å². The van der Waals surface area contributed by atoms with Crippen LogP contribution in [0.4, 0.5) is 0 Å². The van der Waals surface area contributed by atoms with E-state index < -0.39 is 0 Å². The van der Waals surface area contributed by atoms with E-state index in [9.17, 15) is 4.79 Å². The highest BCUT2D eigenvalue weighted by molar-refractivity contribution is 9.13. The molecule has 0 aliphatic rings. The first-order valence-corrected chi connectivity index (χ1v) is 12.9. The molecule has 0 radical (unpaired) electrons. The second kappa shape index (κ2) is 10.4. The molecule has 0 amide bonds. The first-order chi connectivity index (χ1) is 18.0. The van der Waals surface area contributed by atoms with Crippen LogP contribution in [0.5, 0.6) is 17.2 Å². The van der Waals surface area contributed by atoms with E-state index in [1.165, 1.54) is 4.68 Å². The summed E-state index contributed by atoms with van der Waals surface area (Å²) < 4.78 is 25.4. The third-order valence-corrected chi connectivity index (χ3v) is 7.84. The van der Waals surface area contributed by atoms with Crippen LogP contribution in [-0.2, 0) is 0 Å². The fourth-order valence-electron chi connectivity index (χ4n) is 3.96. The molecule has 0 saturated heterocycles. The molecule has 3 aromatic carbocycles. The van der Waals surface area contributed by atoms with Gasteiger partial charge in [0.15, 0.2) is 17.3 Å². The molecule has 5 rings (SSSR count). The quantitative estimate of drug-likeness (QED) is 0.188. The standard InChI is InChI=1S/C27H21Br2N3O5/c1-4-36-25-21(35-3)12-15(23(28)24(25)29)14-30-32-26(31-18-9-6-5-8-16(18)27(32)33)22-13-17-19(34-2)10-7-11-20(17)37-22/h5-14H,4H2,1-3H3. The van der Waals surface area contributed by atoms with Gasteiger partial charge in [-0.3, -0.25) is 4.79 Å². The molecular formula is C27H21Br2N3O5. The molecule has 0 unspecified atom stereocenters. The summed E-state index contributed by atoms with van der Waals surface area (Å²) in [5.74, 6) is 2.37. The molecule has 8 nitrogen and oxygen atoms in total. The van der Waals surface area contributed by atoms with Gasteiger partial charge < -0.3 is 18.6 Å². The molecule has 5 aromatic rings. The first kappa shape index (κ1) is 25.0. The monoisotopic (exact) mass is 625 g/mol. The summed E-state index contributed by atoms with van der Waals surface area (Å²) in [5, 5.41) is 5.74. The molecule has 0 aliphatic heterocycles. The fraction of sp³-hybridized carbons (Fsp3) is 0.148. The zero-order chi connectivity index (χ0) is 26.1. The van der Waals surface area contributed by atoms with Crippen molar-refractivity contribution < 1.29 is 18.6 Å². The average molecular weight is 627 g/mol. The summed E-state index contributed by atoms with van der Waals surface area (Å²) in [6, 6.07) is 16.2. The Balaban J connectivity index is 1.72. The minimum absolute atomic E-state index is 0.256. The Hall–Kier alpha value is -3.63. The van der Waals surface area contributed by atoms with Crippen LogP contribution in [0.15, 0.2) is 77.9 Å². The zero-order valence-electron chi connectivity index (χ0n) is 20.1. The number of hydrogen-bond acceptors (Lipinski definition) is 7. The third kappa shape index (κ3) is 4.51. The van der Waals surface area contributed by atoms with Gasteiger partial charge in [-0.25, -0.2) is 4.98 Å². The summed E-state index contributed by atoms with van der Waals surface area (Å²) >= 11 is 7.15. The van der Waals surface area contributed by atoms with Crippen molar-refractivity contribution in [3.05, 3.63) is 79.5 Å². The van der Waals surface area contributed by atoms with Crippen LogP contribution in [0.25, 0.3) is 33.5 Å². The molecule has 37 heavy (non-hydrogen) atoms. The highest BCUT2D eigenvalue weighted by atomic mass is 79.9. The van der Waals surface area contributed by atoms with Crippen molar-refractivity contribution in [1.29, 1.82) is 0 Å². The molecule has 0 saturated carbocycles. The molecule has 0 spiro atoms. The van der Waals surface area contributed by atoms with Crippen LogP contribution in [0.3, 0.4) is 0 Å². The molecule has 0 aliphatic carbocycles. The van der Waals surface area contributed by atoms with E-state index in [1.54, 1.807) is 50.8 Å². The van der Waals surface area contributed by atoms with E-state index in [1.807, 2.05) is 31.2 Å². The number of nitrogens with zero attached hydrogens (tertiary/aromatic N) is 3. The van der Waals surface area contributed by atoms with Gasteiger partial charge in [-0.1, -0.05) is 18.2 Å².